The van der Waals surface area contributed by atoms with Gasteiger partial charge < -0.3 is 10.6 Å². The van der Waals surface area contributed by atoms with Gasteiger partial charge in [-0.2, -0.15) is 0 Å². The number of hydrogen-bond acceptors (Lipinski definition) is 5. The molecule has 2 N–H and O–H groups in total. The number of nitrogens with one attached hydrogen (secondary N) is 2. The molecule has 1 aromatic carbocycles. The molecule has 0 bridgehead atoms. The van der Waals surface area contributed by atoms with Crippen LogP contribution in [0.25, 0.3) is 0 Å². The Balaban J connectivity index is 1.31. The summed E-state index contributed by atoms with van der Waals surface area (Å²) in [6, 6.07) is 15.9. The van der Waals surface area contributed by atoms with Gasteiger partial charge in [-0.1, -0.05) is 29.8 Å². The smallest absolute Gasteiger partial charge is 0.258 e. The second-order valence-electron chi connectivity index (χ2n) is 7.91. The van der Waals surface area contributed by atoms with E-state index in [1.54, 1.807) is 12.1 Å². The largest absolute Gasteiger partial charge is 0.384 e. The number of nitrogens with zero attached hydrogens (tertiary/aromatic N) is 2. The number of benzene rings is 1. The van der Waals surface area contributed by atoms with Crippen LogP contribution in [0.5, 0.6) is 0 Å². The second kappa shape index (κ2) is 10.3. The predicted molar refractivity (Wildman–Crippen MR) is 129 cm³/mol. The van der Waals surface area contributed by atoms with Crippen molar-refractivity contribution in [2.24, 2.45) is 5.92 Å². The number of likely N-dealkylation sites (tertiary alicyclic amines) is 1. The van der Waals surface area contributed by atoms with Gasteiger partial charge in [0.05, 0.1) is 10.6 Å². The number of anilines is 2. The van der Waals surface area contributed by atoms with Gasteiger partial charge >= 0.3 is 0 Å². The van der Waals surface area contributed by atoms with Crippen molar-refractivity contribution in [3.8, 4) is 0 Å². The highest BCUT2D eigenvalue weighted by molar-refractivity contribution is 7.10. The SMILES string of the molecule is CC(c1cccs1)N1CCC(CNc2ccccc2C(=O)Nc2ccc(Cl)cn2)CC1. The van der Waals surface area contributed by atoms with Gasteiger partial charge in [0.1, 0.15) is 5.82 Å². The first-order valence-electron chi connectivity index (χ1n) is 10.6. The Morgan fingerprint density at radius 1 is 1.19 bits per heavy atom. The number of rotatable bonds is 7. The third-order valence-corrected chi connectivity index (χ3v) is 7.14. The zero-order chi connectivity index (χ0) is 21.6. The average molecular weight is 455 g/mol. The van der Waals surface area contributed by atoms with E-state index in [1.807, 2.05) is 35.6 Å². The first-order valence-corrected chi connectivity index (χ1v) is 11.9. The Labute approximate surface area is 192 Å². The summed E-state index contributed by atoms with van der Waals surface area (Å²) in [5.41, 5.74) is 1.46. The van der Waals surface area contributed by atoms with Gasteiger partial charge in [0.15, 0.2) is 0 Å². The van der Waals surface area contributed by atoms with Crippen LogP contribution in [0.4, 0.5) is 11.5 Å². The molecule has 2 aromatic heterocycles. The van der Waals surface area contributed by atoms with Crippen molar-refractivity contribution < 1.29 is 4.79 Å². The summed E-state index contributed by atoms with van der Waals surface area (Å²) in [6.07, 6.45) is 3.84. The molecule has 1 amide bonds. The standard InChI is InChI=1S/C24H27ClN4OS/c1-17(22-7-4-14-31-22)29-12-10-18(11-13-29)15-26-21-6-3-2-5-20(21)24(30)28-23-9-8-19(25)16-27-23/h2-9,14,16-18,26H,10-13,15H2,1H3,(H,27,28,30). The molecule has 7 heteroatoms. The van der Waals surface area contributed by atoms with E-state index in [9.17, 15) is 4.79 Å². The predicted octanol–water partition coefficient (Wildman–Crippen LogP) is 5.93. The van der Waals surface area contributed by atoms with E-state index in [2.05, 4.69) is 45.0 Å². The van der Waals surface area contributed by atoms with Gasteiger partial charge in [-0.15, -0.1) is 11.3 Å². The number of thiophene rings is 1. The molecule has 4 rings (SSSR count). The van der Waals surface area contributed by atoms with Gasteiger partial charge in [-0.05, 0) is 74.5 Å². The molecule has 31 heavy (non-hydrogen) atoms. The van der Waals surface area contributed by atoms with Crippen molar-refractivity contribution in [3.05, 3.63) is 75.6 Å². The maximum absolute atomic E-state index is 12.8. The van der Waals surface area contributed by atoms with E-state index in [4.69, 9.17) is 11.6 Å². The number of aromatic nitrogens is 1. The number of pyridine rings is 1. The Bertz CT molecular complexity index is 985. The van der Waals surface area contributed by atoms with Crippen LogP contribution in [0.1, 0.15) is 41.0 Å². The fourth-order valence-electron chi connectivity index (χ4n) is 3.98. The molecule has 3 heterocycles. The minimum atomic E-state index is -0.183. The molecule has 1 unspecified atom stereocenters. The quantitative estimate of drug-likeness (QED) is 0.464. The molecule has 0 saturated carbocycles. The molecule has 0 radical (unpaired) electrons. The van der Waals surface area contributed by atoms with Gasteiger partial charge in [-0.3, -0.25) is 9.69 Å². The molecule has 0 aliphatic carbocycles. The Morgan fingerprint density at radius 2 is 2.00 bits per heavy atom. The molecule has 1 aliphatic rings. The number of halogens is 1. The first kappa shape index (κ1) is 21.8. The molecule has 1 saturated heterocycles. The fourth-order valence-corrected chi connectivity index (χ4v) is 4.91. The van der Waals surface area contributed by atoms with Gasteiger partial charge in [0.25, 0.3) is 5.91 Å². The lowest BCUT2D eigenvalue weighted by Gasteiger charge is -2.36. The fraction of sp³-hybridized carbons (Fsp3) is 0.333. The van der Waals surface area contributed by atoms with Crippen molar-refractivity contribution >= 4 is 40.4 Å². The summed E-state index contributed by atoms with van der Waals surface area (Å²) >= 11 is 7.71. The van der Waals surface area contributed by atoms with Crippen LogP contribution in [-0.2, 0) is 0 Å². The van der Waals surface area contributed by atoms with E-state index in [0.29, 0.717) is 28.4 Å². The van der Waals surface area contributed by atoms with E-state index < -0.39 is 0 Å². The van der Waals surface area contributed by atoms with Crippen LogP contribution >= 0.6 is 22.9 Å². The van der Waals surface area contributed by atoms with Crippen LogP contribution < -0.4 is 10.6 Å². The van der Waals surface area contributed by atoms with Crippen molar-refractivity contribution in [1.29, 1.82) is 0 Å². The van der Waals surface area contributed by atoms with E-state index in [-0.39, 0.29) is 5.91 Å². The summed E-state index contributed by atoms with van der Waals surface area (Å²) in [7, 11) is 0. The van der Waals surface area contributed by atoms with E-state index >= 15 is 0 Å². The molecular formula is C24H27ClN4OS. The van der Waals surface area contributed by atoms with Crippen molar-refractivity contribution in [2.45, 2.75) is 25.8 Å². The molecular weight excluding hydrogens is 428 g/mol. The van der Waals surface area contributed by atoms with Crippen molar-refractivity contribution in [1.82, 2.24) is 9.88 Å². The van der Waals surface area contributed by atoms with Gasteiger partial charge in [0, 0.05) is 29.3 Å². The number of para-hydroxylation sites is 1. The summed E-state index contributed by atoms with van der Waals surface area (Å²) in [5.74, 6) is 0.898. The normalized spacial score (nSPS) is 16.1. The number of piperidine rings is 1. The molecule has 5 nitrogen and oxygen atoms in total. The molecule has 1 fully saturated rings. The first-order chi connectivity index (χ1) is 15.1. The molecule has 1 aliphatic heterocycles. The zero-order valence-electron chi connectivity index (χ0n) is 17.6. The minimum absolute atomic E-state index is 0.183. The van der Waals surface area contributed by atoms with Crippen LogP contribution in [-0.4, -0.2) is 35.4 Å². The summed E-state index contributed by atoms with van der Waals surface area (Å²) in [5, 5.41) is 9.04. The molecule has 3 aromatic rings. The van der Waals surface area contributed by atoms with Crippen LogP contribution in [0, 0.1) is 5.92 Å². The minimum Gasteiger partial charge on any atom is -0.384 e. The highest BCUT2D eigenvalue weighted by atomic mass is 35.5. The second-order valence-corrected chi connectivity index (χ2v) is 9.33. The summed E-state index contributed by atoms with van der Waals surface area (Å²) < 4.78 is 0. The third-order valence-electron chi connectivity index (χ3n) is 5.87. The van der Waals surface area contributed by atoms with Gasteiger partial charge in [0.2, 0.25) is 0 Å². The van der Waals surface area contributed by atoms with Crippen LogP contribution in [0.15, 0.2) is 60.1 Å². The molecule has 162 valence electrons. The highest BCUT2D eigenvalue weighted by Gasteiger charge is 2.24. The third kappa shape index (κ3) is 5.64. The summed E-state index contributed by atoms with van der Waals surface area (Å²) in [6.45, 7) is 5.38. The lowest BCUT2D eigenvalue weighted by atomic mass is 9.95. The van der Waals surface area contributed by atoms with E-state index in [0.717, 1.165) is 38.2 Å². The van der Waals surface area contributed by atoms with Gasteiger partial charge in [-0.25, -0.2) is 4.98 Å². The molecule has 1 atom stereocenters. The average Bonchev–Trinajstić information content (AvgIpc) is 3.34. The lowest BCUT2D eigenvalue weighted by Crippen LogP contribution is -2.37. The highest BCUT2D eigenvalue weighted by Crippen LogP contribution is 2.29. The Hall–Kier alpha value is -2.41. The number of carbonyl (C=O) groups is 1. The van der Waals surface area contributed by atoms with Crippen molar-refractivity contribution in [3.63, 3.8) is 0 Å². The number of carbonyl (C=O) groups excluding carboxylic acids is 1. The maximum Gasteiger partial charge on any atom is 0.258 e. The lowest BCUT2D eigenvalue weighted by molar-refractivity contribution is 0.102. The number of hydrogen-bond donors (Lipinski definition) is 2. The Kier molecular flexibility index (Phi) is 7.22. The Morgan fingerprint density at radius 3 is 2.71 bits per heavy atom. The summed E-state index contributed by atoms with van der Waals surface area (Å²) in [4.78, 5) is 20.9. The van der Waals surface area contributed by atoms with Crippen LogP contribution in [0.2, 0.25) is 5.02 Å². The topological polar surface area (TPSA) is 57.3 Å². The maximum atomic E-state index is 12.8. The number of amides is 1. The van der Waals surface area contributed by atoms with E-state index in [1.165, 1.54) is 11.1 Å². The molecule has 0 spiro atoms. The van der Waals surface area contributed by atoms with Crippen molar-refractivity contribution in [2.75, 3.05) is 30.3 Å². The van der Waals surface area contributed by atoms with Crippen LogP contribution in [0.3, 0.4) is 0 Å². The monoisotopic (exact) mass is 454 g/mol. The zero-order valence-corrected chi connectivity index (χ0v) is 19.1.